The molecular weight excluding hydrogens is 266 g/mol. The third-order valence-corrected chi connectivity index (χ3v) is 3.34. The summed E-state index contributed by atoms with van der Waals surface area (Å²) in [7, 11) is 0. The van der Waals surface area contributed by atoms with Crippen LogP contribution in [0, 0.1) is 0 Å². The number of nitrogens with zero attached hydrogens (tertiary/aromatic N) is 2. The van der Waals surface area contributed by atoms with Crippen molar-refractivity contribution in [2.45, 2.75) is 20.3 Å². The molecule has 0 spiro atoms. The van der Waals surface area contributed by atoms with Gasteiger partial charge in [-0.2, -0.15) is 0 Å². The van der Waals surface area contributed by atoms with Crippen molar-refractivity contribution in [1.82, 2.24) is 9.88 Å². The molecule has 0 fully saturated rings. The largest absolute Gasteiger partial charge is 0.478 e. The number of pyridine rings is 1. The second kappa shape index (κ2) is 7.96. The number of carbonyl (C=O) groups is 1. The van der Waals surface area contributed by atoms with E-state index in [9.17, 15) is 4.79 Å². The maximum absolute atomic E-state index is 10.9. The number of hydrogen-bond acceptors (Lipinski definition) is 4. The summed E-state index contributed by atoms with van der Waals surface area (Å²) in [5, 5.41) is 12.2. The summed E-state index contributed by atoms with van der Waals surface area (Å²) in [6.45, 7) is 8.04. The smallest absolute Gasteiger partial charge is 0.337 e. The van der Waals surface area contributed by atoms with Crippen LogP contribution in [0.3, 0.4) is 0 Å². The molecule has 0 aliphatic heterocycles. The van der Waals surface area contributed by atoms with Gasteiger partial charge in [0.2, 0.25) is 0 Å². The van der Waals surface area contributed by atoms with Gasteiger partial charge in [0.05, 0.1) is 10.6 Å². The number of halogens is 1. The Morgan fingerprint density at radius 2 is 2.16 bits per heavy atom. The molecule has 1 heterocycles. The van der Waals surface area contributed by atoms with E-state index in [0.29, 0.717) is 12.4 Å². The van der Waals surface area contributed by atoms with E-state index in [1.807, 2.05) is 0 Å². The van der Waals surface area contributed by atoms with Gasteiger partial charge in [-0.05, 0) is 32.1 Å². The quantitative estimate of drug-likeness (QED) is 0.719. The lowest BCUT2D eigenvalue weighted by Crippen LogP contribution is -2.25. The highest BCUT2D eigenvalue weighted by Crippen LogP contribution is 2.23. The Hall–Kier alpha value is -1.33. The average molecular weight is 286 g/mol. The molecule has 2 N–H and O–H groups in total. The Morgan fingerprint density at radius 1 is 1.47 bits per heavy atom. The molecule has 1 aromatic heterocycles. The van der Waals surface area contributed by atoms with Gasteiger partial charge in [-0.25, -0.2) is 9.78 Å². The zero-order valence-corrected chi connectivity index (χ0v) is 12.1. The van der Waals surface area contributed by atoms with Crippen LogP contribution in [0.4, 0.5) is 5.82 Å². The number of anilines is 1. The summed E-state index contributed by atoms with van der Waals surface area (Å²) < 4.78 is 0. The summed E-state index contributed by atoms with van der Waals surface area (Å²) in [6.07, 6.45) is 2.40. The summed E-state index contributed by atoms with van der Waals surface area (Å²) in [5.41, 5.74) is 0.0721. The van der Waals surface area contributed by atoms with E-state index in [4.69, 9.17) is 16.7 Å². The highest BCUT2D eigenvalue weighted by molar-refractivity contribution is 6.35. The molecule has 0 aliphatic carbocycles. The van der Waals surface area contributed by atoms with E-state index >= 15 is 0 Å². The molecule has 1 aromatic rings. The molecule has 0 radical (unpaired) electrons. The summed E-state index contributed by atoms with van der Waals surface area (Å²) in [5.74, 6) is -0.611. The van der Waals surface area contributed by atoms with E-state index < -0.39 is 5.97 Å². The number of aromatic nitrogens is 1. The summed E-state index contributed by atoms with van der Waals surface area (Å²) in [6, 6.07) is 1.39. The Balaban J connectivity index is 2.50. The van der Waals surface area contributed by atoms with Gasteiger partial charge in [0.25, 0.3) is 0 Å². The molecule has 6 heteroatoms. The molecule has 106 valence electrons. The fourth-order valence-corrected chi connectivity index (χ4v) is 2.04. The van der Waals surface area contributed by atoms with Crippen LogP contribution >= 0.6 is 11.6 Å². The Bertz CT molecular complexity index is 422. The van der Waals surface area contributed by atoms with Crippen molar-refractivity contribution in [1.29, 1.82) is 0 Å². The van der Waals surface area contributed by atoms with Crippen LogP contribution in [0.5, 0.6) is 0 Å². The molecule has 0 bridgehead atoms. The Morgan fingerprint density at radius 3 is 2.74 bits per heavy atom. The van der Waals surface area contributed by atoms with Gasteiger partial charge >= 0.3 is 5.97 Å². The fraction of sp³-hybridized carbons (Fsp3) is 0.538. The van der Waals surface area contributed by atoms with Crippen LogP contribution in [-0.4, -0.2) is 47.1 Å². The Kier molecular flexibility index (Phi) is 6.59. The van der Waals surface area contributed by atoms with Crippen LogP contribution in [0.1, 0.15) is 30.6 Å². The molecule has 0 aliphatic rings. The van der Waals surface area contributed by atoms with Gasteiger partial charge < -0.3 is 15.3 Å². The maximum atomic E-state index is 10.9. The van der Waals surface area contributed by atoms with Gasteiger partial charge in [0, 0.05) is 12.7 Å². The first-order valence-electron chi connectivity index (χ1n) is 6.44. The number of aromatic carboxylic acids is 1. The summed E-state index contributed by atoms with van der Waals surface area (Å²) in [4.78, 5) is 17.3. The van der Waals surface area contributed by atoms with Gasteiger partial charge in [-0.3, -0.25) is 0 Å². The lowest BCUT2D eigenvalue weighted by molar-refractivity contribution is 0.0697. The molecule has 1 rings (SSSR count). The Labute approximate surface area is 118 Å². The maximum Gasteiger partial charge on any atom is 0.337 e. The van der Waals surface area contributed by atoms with E-state index in [1.54, 1.807) is 0 Å². The third-order valence-electron chi connectivity index (χ3n) is 2.96. The number of rotatable bonds is 8. The van der Waals surface area contributed by atoms with Crippen molar-refractivity contribution in [3.05, 3.63) is 22.8 Å². The standard InChI is InChI=1S/C13H20ClN3O2/c1-3-17(4-2)9-5-7-15-12-11(14)10(13(18)19)6-8-16-12/h6,8H,3-5,7,9H2,1-2H3,(H,15,16)(H,18,19). The first kappa shape index (κ1) is 15.7. The van der Waals surface area contributed by atoms with Crippen LogP contribution in [0.2, 0.25) is 5.02 Å². The van der Waals surface area contributed by atoms with Crippen LogP contribution < -0.4 is 5.32 Å². The number of nitrogens with one attached hydrogen (secondary N) is 1. The van der Waals surface area contributed by atoms with Gasteiger partial charge in [0.15, 0.2) is 0 Å². The fourth-order valence-electron chi connectivity index (χ4n) is 1.78. The van der Waals surface area contributed by atoms with Crippen molar-refractivity contribution in [3.8, 4) is 0 Å². The van der Waals surface area contributed by atoms with Crippen molar-refractivity contribution in [2.75, 3.05) is 31.5 Å². The first-order valence-corrected chi connectivity index (χ1v) is 6.81. The second-order valence-electron chi connectivity index (χ2n) is 4.13. The van der Waals surface area contributed by atoms with Gasteiger partial charge in [-0.1, -0.05) is 25.4 Å². The molecule has 5 nitrogen and oxygen atoms in total. The zero-order valence-electron chi connectivity index (χ0n) is 11.3. The molecule has 0 amide bonds. The number of hydrogen-bond donors (Lipinski definition) is 2. The minimum absolute atomic E-state index is 0.0721. The minimum Gasteiger partial charge on any atom is -0.478 e. The van der Waals surface area contributed by atoms with Crippen molar-refractivity contribution < 1.29 is 9.90 Å². The molecular formula is C13H20ClN3O2. The van der Waals surface area contributed by atoms with Gasteiger partial charge in [0.1, 0.15) is 5.82 Å². The first-order chi connectivity index (χ1) is 9.10. The predicted molar refractivity (Wildman–Crippen MR) is 77.1 cm³/mol. The van der Waals surface area contributed by atoms with E-state index in [-0.39, 0.29) is 10.6 Å². The SMILES string of the molecule is CCN(CC)CCCNc1nccc(C(=O)O)c1Cl. The van der Waals surface area contributed by atoms with Crippen molar-refractivity contribution in [3.63, 3.8) is 0 Å². The highest BCUT2D eigenvalue weighted by Gasteiger charge is 2.12. The molecule has 19 heavy (non-hydrogen) atoms. The number of carboxylic acid groups (broad SMARTS) is 1. The third kappa shape index (κ3) is 4.69. The second-order valence-corrected chi connectivity index (χ2v) is 4.51. The van der Waals surface area contributed by atoms with Crippen LogP contribution in [-0.2, 0) is 0 Å². The van der Waals surface area contributed by atoms with E-state index in [2.05, 4.69) is 29.0 Å². The molecule has 0 atom stereocenters. The minimum atomic E-state index is -1.04. The molecule has 0 aromatic carbocycles. The normalized spacial score (nSPS) is 10.7. The van der Waals surface area contributed by atoms with Crippen LogP contribution in [0.15, 0.2) is 12.3 Å². The topological polar surface area (TPSA) is 65.5 Å². The monoisotopic (exact) mass is 285 g/mol. The molecule has 0 saturated carbocycles. The van der Waals surface area contributed by atoms with Gasteiger partial charge in [-0.15, -0.1) is 0 Å². The number of carboxylic acids is 1. The lowest BCUT2D eigenvalue weighted by Gasteiger charge is -2.18. The molecule has 0 unspecified atom stereocenters. The average Bonchev–Trinajstić information content (AvgIpc) is 2.40. The lowest BCUT2D eigenvalue weighted by atomic mass is 10.2. The predicted octanol–water partition coefficient (Wildman–Crippen LogP) is 2.58. The molecule has 0 saturated heterocycles. The van der Waals surface area contributed by atoms with Crippen molar-refractivity contribution in [2.24, 2.45) is 0 Å². The van der Waals surface area contributed by atoms with Crippen molar-refractivity contribution >= 4 is 23.4 Å². The zero-order chi connectivity index (χ0) is 14.3. The van der Waals surface area contributed by atoms with Crippen LogP contribution in [0.25, 0.3) is 0 Å². The highest BCUT2D eigenvalue weighted by atomic mass is 35.5. The van der Waals surface area contributed by atoms with E-state index in [1.165, 1.54) is 12.3 Å². The van der Waals surface area contributed by atoms with E-state index in [0.717, 1.165) is 26.1 Å². The summed E-state index contributed by atoms with van der Waals surface area (Å²) >= 11 is 5.98.